The van der Waals surface area contributed by atoms with E-state index in [1.165, 1.54) is 0 Å². The maximum absolute atomic E-state index is 4.94. The molecule has 0 amide bonds. The molecule has 38 valence electrons. The van der Waals surface area contributed by atoms with Crippen molar-refractivity contribution in [2.75, 3.05) is 0 Å². The van der Waals surface area contributed by atoms with Crippen LogP contribution in [0.3, 0.4) is 0 Å². The van der Waals surface area contributed by atoms with Gasteiger partial charge in [-0.1, -0.05) is 9.45 Å². The number of hydrogen-bond acceptors (Lipinski definition) is 2. The average molecular weight is 131 g/mol. The quantitative estimate of drug-likeness (QED) is 0.477. The van der Waals surface area contributed by atoms with Gasteiger partial charge in [0.25, 0.3) is 0 Å². The molecule has 7 heavy (non-hydrogen) atoms. The fourth-order valence-electron chi connectivity index (χ4n) is 0.341. The van der Waals surface area contributed by atoms with Crippen LogP contribution in [0.4, 0.5) is 0 Å². The first kappa shape index (κ1) is 5.12. The van der Waals surface area contributed by atoms with Crippen LogP contribution in [0.1, 0.15) is 6.92 Å². The zero-order valence-corrected chi connectivity index (χ0v) is 5.55. The Bertz CT molecular complexity index is 157. The van der Waals surface area contributed by atoms with Crippen molar-refractivity contribution in [3.63, 3.8) is 0 Å². The molecular weight excluding hydrogens is 126 g/mol. The fourth-order valence-corrected chi connectivity index (χ4v) is 1.15. The summed E-state index contributed by atoms with van der Waals surface area (Å²) in [6, 6.07) is 0. The highest BCUT2D eigenvalue weighted by molar-refractivity contribution is 8.39. The fraction of sp³-hybridized carbons (Fsp3) is 0.250. The number of nitrogens with zero attached hydrogens (tertiary/aromatic N) is 1. The van der Waals surface area contributed by atoms with Gasteiger partial charge in [0.15, 0.2) is 0 Å². The van der Waals surface area contributed by atoms with Crippen molar-refractivity contribution >= 4 is 25.7 Å². The predicted octanol–water partition coefficient (Wildman–Crippen LogP) is 0.970. The Morgan fingerprint density at radius 2 is 2.57 bits per heavy atom. The van der Waals surface area contributed by atoms with E-state index < -0.39 is 0 Å². The maximum atomic E-state index is 4.94. The molecule has 0 spiro atoms. The second-order valence-corrected chi connectivity index (χ2v) is 3.77. The summed E-state index contributed by atoms with van der Waals surface area (Å²) in [5, 5.41) is 3.00. The molecule has 0 aromatic heterocycles. The summed E-state index contributed by atoms with van der Waals surface area (Å²) in [7, 11) is -0.0648. The zero-order chi connectivity index (χ0) is 5.28. The van der Waals surface area contributed by atoms with E-state index in [4.69, 9.17) is 11.2 Å². The van der Waals surface area contributed by atoms with Crippen LogP contribution in [0.2, 0.25) is 0 Å². The van der Waals surface area contributed by atoms with E-state index in [1.807, 2.05) is 12.3 Å². The van der Waals surface area contributed by atoms with Gasteiger partial charge in [0, 0.05) is 6.20 Å². The van der Waals surface area contributed by atoms with Crippen LogP contribution in [0, 0.1) is 0 Å². The van der Waals surface area contributed by atoms with Gasteiger partial charge in [-0.15, -0.1) is 0 Å². The summed E-state index contributed by atoms with van der Waals surface area (Å²) in [4.78, 5) is 3.96. The van der Waals surface area contributed by atoms with Crippen LogP contribution < -0.4 is 0 Å². The molecule has 1 unspecified atom stereocenters. The van der Waals surface area contributed by atoms with E-state index in [2.05, 4.69) is 4.99 Å². The second-order valence-electron chi connectivity index (χ2n) is 1.23. The lowest BCUT2D eigenvalue weighted by Gasteiger charge is -1.83. The summed E-state index contributed by atoms with van der Waals surface area (Å²) in [5.74, 6) is 0. The van der Waals surface area contributed by atoms with E-state index in [9.17, 15) is 0 Å². The van der Waals surface area contributed by atoms with Gasteiger partial charge in [0.1, 0.15) is 0 Å². The van der Waals surface area contributed by atoms with E-state index >= 15 is 0 Å². The third-order valence-electron chi connectivity index (χ3n) is 0.732. The standard InChI is InChI=1S/C4H5NS2/c1-4-5-2-3-7(4)6/h2-3H,1H3. The van der Waals surface area contributed by atoms with Crippen LogP contribution in [-0.4, -0.2) is 5.04 Å². The van der Waals surface area contributed by atoms with Crippen molar-refractivity contribution in [1.82, 2.24) is 0 Å². The van der Waals surface area contributed by atoms with Crippen LogP contribution in [0.5, 0.6) is 0 Å². The molecular formula is C4H5NS2. The van der Waals surface area contributed by atoms with E-state index in [1.54, 1.807) is 6.20 Å². The Balaban J connectivity index is 2.89. The normalized spacial score (nSPS) is 28.1. The van der Waals surface area contributed by atoms with Gasteiger partial charge in [-0.05, 0) is 23.5 Å². The Kier molecular flexibility index (Phi) is 1.35. The lowest BCUT2D eigenvalue weighted by Crippen LogP contribution is -1.89. The molecule has 1 rings (SSSR count). The van der Waals surface area contributed by atoms with Crippen molar-refractivity contribution in [3.8, 4) is 0 Å². The van der Waals surface area contributed by atoms with Crippen LogP contribution in [0.25, 0.3) is 0 Å². The highest BCUT2D eigenvalue weighted by atomic mass is 32.8. The summed E-state index contributed by atoms with van der Waals surface area (Å²) in [5.41, 5.74) is 0. The molecule has 1 atom stereocenters. The van der Waals surface area contributed by atoms with Gasteiger partial charge in [-0.25, -0.2) is 0 Å². The number of rotatable bonds is 0. The van der Waals surface area contributed by atoms with Crippen molar-refractivity contribution in [2.24, 2.45) is 4.99 Å². The predicted molar refractivity (Wildman–Crippen MR) is 37.0 cm³/mol. The molecule has 0 saturated carbocycles. The topological polar surface area (TPSA) is 12.4 Å². The minimum absolute atomic E-state index is 0.0648. The average Bonchev–Trinajstić information content (AvgIpc) is 1.91. The monoisotopic (exact) mass is 131 g/mol. The summed E-state index contributed by atoms with van der Waals surface area (Å²) >= 11 is 4.94. The van der Waals surface area contributed by atoms with E-state index in [0.29, 0.717) is 0 Å². The Labute approximate surface area is 49.7 Å². The van der Waals surface area contributed by atoms with Crippen LogP contribution in [0.15, 0.2) is 16.6 Å². The molecule has 0 bridgehead atoms. The zero-order valence-electron chi connectivity index (χ0n) is 3.92. The number of hydrogen-bond donors (Lipinski definition) is 0. The van der Waals surface area contributed by atoms with Gasteiger partial charge >= 0.3 is 0 Å². The molecule has 3 heteroatoms. The van der Waals surface area contributed by atoms with Gasteiger partial charge in [-0.2, -0.15) is 0 Å². The smallest absolute Gasteiger partial charge is 0.0783 e. The second kappa shape index (κ2) is 1.84. The molecule has 0 fully saturated rings. The lowest BCUT2D eigenvalue weighted by molar-refractivity contribution is 1.60. The Morgan fingerprint density at radius 1 is 1.86 bits per heavy atom. The molecule has 0 saturated heterocycles. The molecule has 1 aliphatic heterocycles. The highest BCUT2D eigenvalue weighted by Gasteiger charge is 1.96. The number of aliphatic imine (C=N–C) groups is 1. The van der Waals surface area contributed by atoms with Crippen molar-refractivity contribution < 1.29 is 0 Å². The van der Waals surface area contributed by atoms with Gasteiger partial charge in [0.05, 0.1) is 5.04 Å². The van der Waals surface area contributed by atoms with Gasteiger partial charge < -0.3 is 0 Å². The van der Waals surface area contributed by atoms with Crippen molar-refractivity contribution in [1.29, 1.82) is 0 Å². The maximum Gasteiger partial charge on any atom is 0.0783 e. The largest absolute Gasteiger partial charge is 0.254 e. The van der Waals surface area contributed by atoms with Crippen molar-refractivity contribution in [2.45, 2.75) is 6.92 Å². The lowest BCUT2D eigenvalue weighted by atomic mass is 10.8. The minimum Gasteiger partial charge on any atom is -0.254 e. The Morgan fingerprint density at radius 3 is 2.71 bits per heavy atom. The SMILES string of the molecule is CC1=NC=CS1=S. The van der Waals surface area contributed by atoms with E-state index in [0.717, 1.165) is 5.04 Å². The summed E-state index contributed by atoms with van der Waals surface area (Å²) in [6.07, 6.45) is 1.77. The summed E-state index contributed by atoms with van der Waals surface area (Å²) in [6.45, 7) is 1.95. The molecule has 0 aliphatic carbocycles. The first-order valence-corrected chi connectivity index (χ1v) is 4.13. The minimum atomic E-state index is -0.0648. The van der Waals surface area contributed by atoms with Gasteiger partial charge in [0.2, 0.25) is 0 Å². The summed E-state index contributed by atoms with van der Waals surface area (Å²) < 4.78 is 0. The van der Waals surface area contributed by atoms with E-state index in [-0.39, 0.29) is 9.45 Å². The first-order chi connectivity index (χ1) is 3.30. The highest BCUT2D eigenvalue weighted by Crippen LogP contribution is 1.99. The van der Waals surface area contributed by atoms with Crippen molar-refractivity contribution in [3.05, 3.63) is 11.6 Å². The first-order valence-electron chi connectivity index (χ1n) is 1.92. The third kappa shape index (κ3) is 0.951. The molecule has 0 aromatic carbocycles. The molecule has 1 aliphatic rings. The van der Waals surface area contributed by atoms with Crippen LogP contribution >= 0.6 is 0 Å². The van der Waals surface area contributed by atoms with Gasteiger partial charge in [-0.3, -0.25) is 4.99 Å². The molecule has 0 aromatic rings. The van der Waals surface area contributed by atoms with Crippen LogP contribution in [-0.2, 0) is 20.6 Å². The molecule has 1 nitrogen and oxygen atoms in total. The Hall–Kier alpha value is -0.0200. The third-order valence-corrected chi connectivity index (χ3v) is 2.85. The molecule has 0 N–H and O–H groups in total. The molecule has 1 heterocycles. The molecule has 0 radical (unpaired) electrons.